The minimum atomic E-state index is 0.0911. The average molecular weight is 227 g/mol. The molecule has 1 aromatic heterocycles. The van der Waals surface area contributed by atoms with E-state index in [1.807, 2.05) is 0 Å². The van der Waals surface area contributed by atoms with Gasteiger partial charge in [-0.1, -0.05) is 29.1 Å². The molecule has 0 unspecified atom stereocenters. The van der Waals surface area contributed by atoms with Crippen LogP contribution in [0.1, 0.15) is 25.8 Å². The Labute approximate surface area is 94.4 Å². The topological polar surface area (TPSA) is 47.0 Å². The fourth-order valence-corrected chi connectivity index (χ4v) is 1.48. The summed E-state index contributed by atoms with van der Waals surface area (Å²) in [5.74, 6) is 0. The standard InChI is InChI=1S/C10H17N3OS/c1-5-6-14-9-13-12-8(15-9)7-11-10(2,3)4/h5,11H,1,6-7H2,2-4H3. The molecule has 4 nitrogen and oxygen atoms in total. The van der Waals surface area contributed by atoms with Gasteiger partial charge < -0.3 is 10.1 Å². The Kier molecular flexibility index (Phi) is 4.23. The quantitative estimate of drug-likeness (QED) is 0.781. The van der Waals surface area contributed by atoms with E-state index in [0.717, 1.165) is 11.6 Å². The van der Waals surface area contributed by atoms with Gasteiger partial charge in [0.2, 0.25) is 0 Å². The van der Waals surface area contributed by atoms with Gasteiger partial charge in [0, 0.05) is 5.54 Å². The monoisotopic (exact) mass is 227 g/mol. The summed E-state index contributed by atoms with van der Waals surface area (Å²) in [7, 11) is 0. The maximum absolute atomic E-state index is 5.27. The van der Waals surface area contributed by atoms with Crippen LogP contribution in [-0.2, 0) is 6.54 Å². The van der Waals surface area contributed by atoms with E-state index in [0.29, 0.717) is 11.8 Å². The molecule has 0 aromatic carbocycles. The first kappa shape index (κ1) is 12.1. The lowest BCUT2D eigenvalue weighted by atomic mass is 10.1. The molecule has 1 rings (SSSR count). The number of nitrogens with zero attached hydrogens (tertiary/aromatic N) is 2. The van der Waals surface area contributed by atoms with Crippen molar-refractivity contribution in [2.75, 3.05) is 6.61 Å². The SMILES string of the molecule is C=CCOc1nnc(CNC(C)(C)C)s1. The smallest absolute Gasteiger partial charge is 0.294 e. The molecule has 0 aliphatic rings. The van der Waals surface area contributed by atoms with Crippen molar-refractivity contribution in [2.45, 2.75) is 32.9 Å². The molecule has 15 heavy (non-hydrogen) atoms. The van der Waals surface area contributed by atoms with E-state index in [-0.39, 0.29) is 5.54 Å². The molecule has 0 amide bonds. The summed E-state index contributed by atoms with van der Waals surface area (Å²) in [4.78, 5) is 0. The van der Waals surface area contributed by atoms with Crippen molar-refractivity contribution in [3.8, 4) is 5.19 Å². The number of hydrogen-bond donors (Lipinski definition) is 1. The van der Waals surface area contributed by atoms with Gasteiger partial charge in [0.05, 0.1) is 6.54 Å². The van der Waals surface area contributed by atoms with Gasteiger partial charge in [-0.05, 0) is 20.8 Å². The predicted molar refractivity (Wildman–Crippen MR) is 62.2 cm³/mol. The van der Waals surface area contributed by atoms with Crippen LogP contribution < -0.4 is 10.1 Å². The van der Waals surface area contributed by atoms with Crippen LogP contribution >= 0.6 is 11.3 Å². The van der Waals surface area contributed by atoms with Crippen molar-refractivity contribution in [2.24, 2.45) is 0 Å². The fourth-order valence-electron chi connectivity index (χ4n) is 0.839. The third kappa shape index (κ3) is 4.90. The van der Waals surface area contributed by atoms with Gasteiger partial charge in [-0.2, -0.15) is 0 Å². The zero-order valence-corrected chi connectivity index (χ0v) is 10.2. The summed E-state index contributed by atoms with van der Waals surface area (Å²) in [5, 5.41) is 12.8. The van der Waals surface area contributed by atoms with Gasteiger partial charge in [-0.25, -0.2) is 0 Å². The molecular formula is C10H17N3OS. The molecule has 1 N–H and O–H groups in total. The van der Waals surface area contributed by atoms with Crippen molar-refractivity contribution < 1.29 is 4.74 Å². The molecule has 1 aromatic rings. The van der Waals surface area contributed by atoms with E-state index in [9.17, 15) is 0 Å². The summed E-state index contributed by atoms with van der Waals surface area (Å²) in [6.45, 7) is 11.1. The number of hydrogen-bond acceptors (Lipinski definition) is 5. The van der Waals surface area contributed by atoms with E-state index in [2.05, 4.69) is 42.9 Å². The Morgan fingerprint density at radius 2 is 2.20 bits per heavy atom. The molecular weight excluding hydrogens is 210 g/mol. The van der Waals surface area contributed by atoms with Crippen LogP contribution in [0.3, 0.4) is 0 Å². The molecule has 0 bridgehead atoms. The van der Waals surface area contributed by atoms with Crippen LogP contribution in [0.2, 0.25) is 0 Å². The van der Waals surface area contributed by atoms with Gasteiger partial charge in [0.25, 0.3) is 5.19 Å². The number of nitrogens with one attached hydrogen (secondary N) is 1. The average Bonchev–Trinajstić information content (AvgIpc) is 2.58. The number of aromatic nitrogens is 2. The second kappa shape index (κ2) is 5.23. The summed E-state index contributed by atoms with van der Waals surface area (Å²) < 4.78 is 5.27. The van der Waals surface area contributed by atoms with Crippen LogP contribution in [-0.4, -0.2) is 22.3 Å². The highest BCUT2D eigenvalue weighted by atomic mass is 32.1. The minimum Gasteiger partial charge on any atom is -0.465 e. The molecule has 0 saturated carbocycles. The Balaban J connectivity index is 2.42. The molecule has 0 fully saturated rings. The second-order valence-electron chi connectivity index (χ2n) is 4.16. The molecule has 84 valence electrons. The van der Waals surface area contributed by atoms with Crippen LogP contribution in [0.5, 0.6) is 5.19 Å². The second-order valence-corrected chi connectivity index (χ2v) is 5.19. The van der Waals surface area contributed by atoms with E-state index in [1.54, 1.807) is 6.08 Å². The van der Waals surface area contributed by atoms with Crippen molar-refractivity contribution in [3.63, 3.8) is 0 Å². The Morgan fingerprint density at radius 3 is 2.80 bits per heavy atom. The largest absolute Gasteiger partial charge is 0.465 e. The van der Waals surface area contributed by atoms with E-state index >= 15 is 0 Å². The normalized spacial score (nSPS) is 11.4. The lowest BCUT2D eigenvalue weighted by Gasteiger charge is -2.19. The highest BCUT2D eigenvalue weighted by Gasteiger charge is 2.11. The summed E-state index contributed by atoms with van der Waals surface area (Å²) in [5.41, 5.74) is 0.0911. The first-order valence-corrected chi connectivity index (χ1v) is 5.64. The maximum Gasteiger partial charge on any atom is 0.294 e. The number of ether oxygens (including phenoxy) is 1. The summed E-state index contributed by atoms with van der Waals surface area (Å²) >= 11 is 1.46. The van der Waals surface area contributed by atoms with Gasteiger partial charge >= 0.3 is 0 Å². The van der Waals surface area contributed by atoms with Crippen molar-refractivity contribution in [3.05, 3.63) is 17.7 Å². The van der Waals surface area contributed by atoms with Gasteiger partial charge in [-0.3, -0.25) is 0 Å². The van der Waals surface area contributed by atoms with E-state index < -0.39 is 0 Å². The molecule has 5 heteroatoms. The van der Waals surface area contributed by atoms with Gasteiger partial charge in [0.15, 0.2) is 0 Å². The molecule has 1 heterocycles. The van der Waals surface area contributed by atoms with Crippen LogP contribution in [0.15, 0.2) is 12.7 Å². The molecule has 0 saturated heterocycles. The fraction of sp³-hybridized carbons (Fsp3) is 0.600. The molecule has 0 atom stereocenters. The zero-order valence-electron chi connectivity index (χ0n) is 9.41. The highest BCUT2D eigenvalue weighted by molar-refractivity contribution is 7.13. The zero-order chi connectivity index (χ0) is 11.3. The van der Waals surface area contributed by atoms with E-state index in [4.69, 9.17) is 4.74 Å². The van der Waals surface area contributed by atoms with Crippen LogP contribution in [0.4, 0.5) is 0 Å². The first-order valence-electron chi connectivity index (χ1n) is 4.82. The minimum absolute atomic E-state index is 0.0911. The van der Waals surface area contributed by atoms with Gasteiger partial charge in [0.1, 0.15) is 11.6 Å². The Morgan fingerprint density at radius 1 is 1.47 bits per heavy atom. The first-order chi connectivity index (χ1) is 7.01. The number of rotatable bonds is 5. The third-order valence-electron chi connectivity index (χ3n) is 1.54. The van der Waals surface area contributed by atoms with Crippen molar-refractivity contribution in [1.29, 1.82) is 0 Å². The molecule has 0 spiro atoms. The highest BCUT2D eigenvalue weighted by Crippen LogP contribution is 2.18. The van der Waals surface area contributed by atoms with Crippen LogP contribution in [0.25, 0.3) is 0 Å². The third-order valence-corrected chi connectivity index (χ3v) is 2.38. The van der Waals surface area contributed by atoms with E-state index in [1.165, 1.54) is 11.3 Å². The van der Waals surface area contributed by atoms with Crippen molar-refractivity contribution in [1.82, 2.24) is 15.5 Å². The Bertz CT molecular complexity index is 317. The predicted octanol–water partition coefficient (Wildman–Crippen LogP) is 1.99. The van der Waals surface area contributed by atoms with Crippen molar-refractivity contribution >= 4 is 11.3 Å². The summed E-state index contributed by atoms with van der Waals surface area (Å²) in [6, 6.07) is 0. The lowest BCUT2D eigenvalue weighted by molar-refractivity contribution is 0.357. The molecule has 0 radical (unpaired) electrons. The van der Waals surface area contributed by atoms with Crippen LogP contribution in [0, 0.1) is 0 Å². The Hall–Kier alpha value is -0.940. The van der Waals surface area contributed by atoms with Gasteiger partial charge in [-0.15, -0.1) is 5.10 Å². The lowest BCUT2D eigenvalue weighted by Crippen LogP contribution is -2.35. The maximum atomic E-state index is 5.27. The molecule has 0 aliphatic carbocycles. The molecule has 0 aliphatic heterocycles. The summed E-state index contributed by atoms with van der Waals surface area (Å²) in [6.07, 6.45) is 1.69.